The SMILES string of the molecule is Cc1ncnc2[nH]ccc12.Clc1ncnc2[nH]ccc12.[V]. The van der Waals surface area contributed by atoms with Crippen LogP contribution < -0.4 is 0 Å². The van der Waals surface area contributed by atoms with Gasteiger partial charge in [0.25, 0.3) is 0 Å². The minimum absolute atomic E-state index is 0. The quantitative estimate of drug-likeness (QED) is 0.483. The molecule has 21 heavy (non-hydrogen) atoms. The number of fused-ring (bicyclic) bond motifs is 2. The van der Waals surface area contributed by atoms with Gasteiger partial charge in [-0.25, -0.2) is 19.9 Å². The van der Waals surface area contributed by atoms with E-state index in [1.54, 1.807) is 12.5 Å². The molecule has 1 radical (unpaired) electrons. The second-order valence-electron chi connectivity index (χ2n) is 4.10. The molecule has 0 bridgehead atoms. The first kappa shape index (κ1) is 15.5. The molecule has 0 saturated carbocycles. The average molecular weight is 338 g/mol. The van der Waals surface area contributed by atoms with Crippen LogP contribution in [0.5, 0.6) is 0 Å². The van der Waals surface area contributed by atoms with Crippen molar-refractivity contribution in [2.24, 2.45) is 0 Å². The largest absolute Gasteiger partial charge is 0.346 e. The molecule has 2 N–H and O–H groups in total. The second-order valence-corrected chi connectivity index (χ2v) is 4.46. The third-order valence-corrected chi connectivity index (χ3v) is 3.16. The number of halogens is 1. The van der Waals surface area contributed by atoms with Gasteiger partial charge in [0.05, 0.1) is 11.1 Å². The Balaban J connectivity index is 0.000000147. The maximum Gasteiger partial charge on any atom is 0.142 e. The van der Waals surface area contributed by atoms with E-state index in [2.05, 4.69) is 29.9 Å². The number of aromatic nitrogens is 6. The van der Waals surface area contributed by atoms with Gasteiger partial charge in [-0.15, -0.1) is 0 Å². The van der Waals surface area contributed by atoms with Crippen molar-refractivity contribution in [1.82, 2.24) is 29.9 Å². The number of nitrogens with zero attached hydrogens (tertiary/aromatic N) is 4. The number of nitrogens with one attached hydrogen (secondary N) is 2. The minimum Gasteiger partial charge on any atom is -0.346 e. The van der Waals surface area contributed by atoms with Gasteiger partial charge < -0.3 is 9.97 Å². The Labute approximate surface area is 137 Å². The van der Waals surface area contributed by atoms with Crippen LogP contribution in [0.3, 0.4) is 0 Å². The number of aryl methyl sites for hydroxylation is 1. The molecule has 0 amide bonds. The van der Waals surface area contributed by atoms with Crippen LogP contribution in [0.25, 0.3) is 22.1 Å². The summed E-state index contributed by atoms with van der Waals surface area (Å²) in [7, 11) is 0. The maximum atomic E-state index is 5.73. The van der Waals surface area contributed by atoms with E-state index in [-0.39, 0.29) is 18.6 Å². The first-order chi connectivity index (χ1) is 9.75. The molecular weight excluding hydrogens is 327 g/mol. The van der Waals surface area contributed by atoms with E-state index < -0.39 is 0 Å². The molecule has 0 aliphatic carbocycles. The Bertz CT molecular complexity index is 784. The maximum absolute atomic E-state index is 5.73. The summed E-state index contributed by atoms with van der Waals surface area (Å²) in [6.07, 6.45) is 6.65. The number of hydrogen-bond acceptors (Lipinski definition) is 4. The third kappa shape index (κ3) is 3.24. The summed E-state index contributed by atoms with van der Waals surface area (Å²) in [6, 6.07) is 3.82. The Kier molecular flexibility index (Phi) is 4.96. The monoisotopic (exact) mass is 337 g/mol. The van der Waals surface area contributed by atoms with Crippen LogP contribution in [0.15, 0.2) is 37.2 Å². The van der Waals surface area contributed by atoms with E-state index in [9.17, 15) is 0 Å². The fraction of sp³-hybridized carbons (Fsp3) is 0.0769. The molecule has 0 saturated heterocycles. The van der Waals surface area contributed by atoms with Gasteiger partial charge >= 0.3 is 0 Å². The molecule has 4 rings (SSSR count). The zero-order valence-corrected chi connectivity index (χ0v) is 13.2. The molecule has 4 heterocycles. The minimum atomic E-state index is 0. The average Bonchev–Trinajstić information content (AvgIpc) is 3.08. The zero-order valence-electron chi connectivity index (χ0n) is 11.1. The fourth-order valence-electron chi connectivity index (χ4n) is 1.84. The van der Waals surface area contributed by atoms with Gasteiger partial charge in [-0.05, 0) is 19.1 Å². The Morgan fingerprint density at radius 1 is 0.857 bits per heavy atom. The molecule has 105 valence electrons. The van der Waals surface area contributed by atoms with Crippen molar-refractivity contribution < 1.29 is 18.6 Å². The van der Waals surface area contributed by atoms with Crippen LogP contribution in [0, 0.1) is 6.92 Å². The summed E-state index contributed by atoms with van der Waals surface area (Å²) in [4.78, 5) is 21.8. The van der Waals surface area contributed by atoms with Crippen molar-refractivity contribution in [3.05, 3.63) is 48.0 Å². The van der Waals surface area contributed by atoms with E-state index in [1.807, 2.05) is 25.3 Å². The van der Waals surface area contributed by atoms with Gasteiger partial charge in [0, 0.05) is 36.3 Å². The molecule has 0 unspecified atom stereocenters. The van der Waals surface area contributed by atoms with E-state index in [4.69, 9.17) is 11.6 Å². The van der Waals surface area contributed by atoms with Crippen LogP contribution in [-0.4, -0.2) is 29.9 Å². The van der Waals surface area contributed by atoms with Crippen molar-refractivity contribution in [2.45, 2.75) is 6.92 Å². The predicted octanol–water partition coefficient (Wildman–Crippen LogP) is 2.88. The molecular formula is C13H11ClN6V. The summed E-state index contributed by atoms with van der Waals surface area (Å²) >= 11 is 5.73. The second kappa shape index (κ2) is 6.71. The molecule has 4 aromatic rings. The molecule has 0 aliphatic heterocycles. The Morgan fingerprint density at radius 2 is 1.43 bits per heavy atom. The number of aromatic amines is 2. The molecule has 0 aliphatic rings. The summed E-state index contributed by atoms with van der Waals surface area (Å²) in [5.41, 5.74) is 2.71. The van der Waals surface area contributed by atoms with E-state index >= 15 is 0 Å². The predicted molar refractivity (Wildman–Crippen MR) is 77.5 cm³/mol. The zero-order chi connectivity index (χ0) is 13.9. The molecule has 8 heteroatoms. The van der Waals surface area contributed by atoms with Gasteiger partial charge in [-0.1, -0.05) is 11.6 Å². The Morgan fingerprint density at radius 3 is 2.05 bits per heavy atom. The van der Waals surface area contributed by atoms with Gasteiger partial charge in [-0.2, -0.15) is 0 Å². The standard InChI is InChI=1S/C7H7N3.C6H4ClN3.V/c1-5-6-2-3-8-7(6)10-4-9-5;7-5-4-1-2-8-6(4)10-3-9-5;/h2-4H,1H3,(H,8,9,10);1-3H,(H,8,9,10);. The molecule has 0 aromatic carbocycles. The van der Waals surface area contributed by atoms with Crippen LogP contribution in [-0.2, 0) is 18.6 Å². The van der Waals surface area contributed by atoms with Crippen molar-refractivity contribution in [3.63, 3.8) is 0 Å². The molecule has 4 aromatic heterocycles. The van der Waals surface area contributed by atoms with Crippen molar-refractivity contribution in [3.8, 4) is 0 Å². The normalized spacial score (nSPS) is 10.0. The van der Waals surface area contributed by atoms with Gasteiger partial charge in [0.15, 0.2) is 0 Å². The summed E-state index contributed by atoms with van der Waals surface area (Å²) < 4.78 is 0. The van der Waals surface area contributed by atoms with E-state index in [0.717, 1.165) is 27.8 Å². The number of rotatable bonds is 0. The van der Waals surface area contributed by atoms with Crippen LogP contribution in [0.1, 0.15) is 5.69 Å². The smallest absolute Gasteiger partial charge is 0.142 e. The van der Waals surface area contributed by atoms with E-state index in [0.29, 0.717) is 5.15 Å². The van der Waals surface area contributed by atoms with Gasteiger partial charge in [-0.3, -0.25) is 0 Å². The third-order valence-electron chi connectivity index (χ3n) is 2.86. The topological polar surface area (TPSA) is 83.1 Å². The number of H-pyrrole nitrogens is 2. The molecule has 0 spiro atoms. The Hall–Kier alpha value is -1.89. The van der Waals surface area contributed by atoms with E-state index in [1.165, 1.54) is 6.33 Å². The van der Waals surface area contributed by atoms with Gasteiger partial charge in [0.2, 0.25) is 0 Å². The van der Waals surface area contributed by atoms with Crippen molar-refractivity contribution in [2.75, 3.05) is 0 Å². The van der Waals surface area contributed by atoms with Crippen LogP contribution >= 0.6 is 11.6 Å². The summed E-state index contributed by atoms with van der Waals surface area (Å²) in [5.74, 6) is 0. The van der Waals surface area contributed by atoms with Crippen molar-refractivity contribution >= 4 is 33.7 Å². The summed E-state index contributed by atoms with van der Waals surface area (Å²) in [6.45, 7) is 1.97. The number of hydrogen-bond donors (Lipinski definition) is 2. The molecule has 0 atom stereocenters. The first-order valence-corrected chi connectivity index (χ1v) is 6.32. The fourth-order valence-corrected chi connectivity index (χ4v) is 2.04. The van der Waals surface area contributed by atoms with Gasteiger partial charge in [0.1, 0.15) is 29.1 Å². The van der Waals surface area contributed by atoms with Crippen LogP contribution in [0.4, 0.5) is 0 Å². The molecule has 6 nitrogen and oxygen atoms in total. The summed E-state index contributed by atoms with van der Waals surface area (Å²) in [5, 5.41) is 2.46. The van der Waals surface area contributed by atoms with Crippen molar-refractivity contribution in [1.29, 1.82) is 0 Å². The first-order valence-electron chi connectivity index (χ1n) is 5.94. The molecule has 0 fully saturated rings. The van der Waals surface area contributed by atoms with Crippen LogP contribution in [0.2, 0.25) is 5.15 Å².